The molecule has 6 nitrogen and oxygen atoms in total. The molecule has 0 aliphatic carbocycles. The summed E-state index contributed by atoms with van der Waals surface area (Å²) in [6.45, 7) is 3.66. The van der Waals surface area contributed by atoms with E-state index in [-0.39, 0.29) is 11.7 Å². The number of carboxylic acids is 1. The minimum absolute atomic E-state index is 0.151. The van der Waals surface area contributed by atoms with Gasteiger partial charge in [0.2, 0.25) is 5.78 Å². The summed E-state index contributed by atoms with van der Waals surface area (Å²) in [5, 5.41) is 11.5. The fraction of sp³-hybridized carbons (Fsp3) is 0.318. The largest absolute Gasteiger partial charge is 0.490 e. The van der Waals surface area contributed by atoms with E-state index in [1.165, 1.54) is 0 Å². The summed E-state index contributed by atoms with van der Waals surface area (Å²) < 4.78 is 5.63. The van der Waals surface area contributed by atoms with Crippen molar-refractivity contribution in [1.29, 1.82) is 0 Å². The minimum Gasteiger partial charge on any atom is -0.490 e. The van der Waals surface area contributed by atoms with E-state index in [1.54, 1.807) is 12.1 Å². The quantitative estimate of drug-likeness (QED) is 0.412. The number of ketones is 2. The molecule has 0 aliphatic rings. The van der Waals surface area contributed by atoms with Crippen LogP contribution in [0.3, 0.4) is 0 Å². The highest BCUT2D eigenvalue weighted by molar-refractivity contribution is 6.37. The first-order valence-electron chi connectivity index (χ1n) is 8.99. The average molecular weight is 385 g/mol. The third-order valence-electron chi connectivity index (χ3n) is 3.52. The first-order valence-corrected chi connectivity index (χ1v) is 8.99. The van der Waals surface area contributed by atoms with E-state index in [0.717, 1.165) is 11.1 Å². The third kappa shape index (κ3) is 7.72. The van der Waals surface area contributed by atoms with Crippen LogP contribution >= 0.6 is 0 Å². The predicted octanol–water partition coefficient (Wildman–Crippen LogP) is 3.13. The van der Waals surface area contributed by atoms with Gasteiger partial charge in [-0.15, -0.1) is 0 Å². The van der Waals surface area contributed by atoms with Crippen molar-refractivity contribution < 1.29 is 24.2 Å². The number of carbonyl (C=O) groups excluding carboxylic acids is 2. The lowest BCUT2D eigenvalue weighted by atomic mass is 9.98. The van der Waals surface area contributed by atoms with Crippen LogP contribution in [-0.4, -0.2) is 42.8 Å². The molecule has 6 heteroatoms. The third-order valence-corrected chi connectivity index (χ3v) is 3.52. The Morgan fingerprint density at radius 1 is 1.00 bits per heavy atom. The number of Topliss-reactive ketones (excluding diaryl/α,β-unsaturated/α-hetero) is 2. The number of nitrogens with one attached hydrogen (secondary N) is 1. The maximum absolute atomic E-state index is 12.4. The predicted molar refractivity (Wildman–Crippen MR) is 108 cm³/mol. The van der Waals surface area contributed by atoms with Crippen molar-refractivity contribution in [1.82, 2.24) is 5.32 Å². The zero-order chi connectivity index (χ0) is 21.1. The van der Waals surface area contributed by atoms with Crippen LogP contribution in [0.1, 0.15) is 41.8 Å². The Labute approximate surface area is 165 Å². The number of rotatable bonds is 8. The SMILES string of the molecule is CC(C)Oc1ccc(Cc2ccccc2)cc1C(=O)CC(=O)C(=O)O.CNC. The van der Waals surface area contributed by atoms with Gasteiger partial charge in [0.1, 0.15) is 5.75 Å². The lowest BCUT2D eigenvalue weighted by molar-refractivity contribution is -0.148. The molecule has 2 N–H and O–H groups in total. The molecule has 0 unspecified atom stereocenters. The van der Waals surface area contributed by atoms with Gasteiger partial charge in [-0.2, -0.15) is 0 Å². The fourth-order valence-electron chi connectivity index (χ4n) is 2.41. The molecular formula is C22H27NO5. The van der Waals surface area contributed by atoms with Crippen LogP contribution in [0.5, 0.6) is 5.75 Å². The smallest absolute Gasteiger partial charge is 0.372 e. The van der Waals surface area contributed by atoms with Crippen LogP contribution in [0.2, 0.25) is 0 Å². The summed E-state index contributed by atoms with van der Waals surface area (Å²) in [6, 6.07) is 15.0. The number of hydrogen-bond acceptors (Lipinski definition) is 5. The van der Waals surface area contributed by atoms with Gasteiger partial charge in [-0.05, 0) is 57.6 Å². The molecule has 0 heterocycles. The van der Waals surface area contributed by atoms with Crippen molar-refractivity contribution in [2.75, 3.05) is 14.1 Å². The molecular weight excluding hydrogens is 358 g/mol. The molecule has 0 fully saturated rings. The van der Waals surface area contributed by atoms with Gasteiger partial charge in [-0.3, -0.25) is 9.59 Å². The van der Waals surface area contributed by atoms with Gasteiger partial charge >= 0.3 is 5.97 Å². The Balaban J connectivity index is 0.00000122. The molecule has 0 atom stereocenters. The first-order chi connectivity index (χ1) is 13.3. The summed E-state index contributed by atoms with van der Waals surface area (Å²) in [5.74, 6) is -2.94. The molecule has 0 saturated heterocycles. The van der Waals surface area contributed by atoms with Gasteiger partial charge in [0, 0.05) is 0 Å². The van der Waals surface area contributed by atoms with E-state index in [1.807, 2.05) is 64.3 Å². The number of ether oxygens (including phenoxy) is 1. The Morgan fingerprint density at radius 2 is 1.61 bits per heavy atom. The summed E-state index contributed by atoms with van der Waals surface area (Å²) in [6.07, 6.45) is -0.212. The van der Waals surface area contributed by atoms with E-state index in [0.29, 0.717) is 12.2 Å². The van der Waals surface area contributed by atoms with Gasteiger partial charge in [0.25, 0.3) is 0 Å². The van der Waals surface area contributed by atoms with Crippen LogP contribution in [0, 0.1) is 0 Å². The maximum atomic E-state index is 12.4. The molecule has 28 heavy (non-hydrogen) atoms. The van der Waals surface area contributed by atoms with E-state index < -0.39 is 24.0 Å². The highest BCUT2D eigenvalue weighted by Crippen LogP contribution is 2.24. The van der Waals surface area contributed by atoms with Crippen molar-refractivity contribution in [3.8, 4) is 5.75 Å². The molecule has 0 saturated carbocycles. The maximum Gasteiger partial charge on any atom is 0.372 e. The minimum atomic E-state index is -1.61. The van der Waals surface area contributed by atoms with Crippen molar-refractivity contribution in [3.63, 3.8) is 0 Å². The van der Waals surface area contributed by atoms with Gasteiger partial charge in [0.05, 0.1) is 18.1 Å². The lowest BCUT2D eigenvalue weighted by Gasteiger charge is -2.15. The van der Waals surface area contributed by atoms with E-state index in [2.05, 4.69) is 5.32 Å². The van der Waals surface area contributed by atoms with Crippen LogP contribution in [0.15, 0.2) is 48.5 Å². The van der Waals surface area contributed by atoms with Crippen molar-refractivity contribution in [2.24, 2.45) is 0 Å². The molecule has 0 aromatic heterocycles. The molecule has 2 aromatic carbocycles. The van der Waals surface area contributed by atoms with E-state index in [9.17, 15) is 14.4 Å². The van der Waals surface area contributed by atoms with Gasteiger partial charge in [-0.25, -0.2) is 4.79 Å². The van der Waals surface area contributed by atoms with Crippen molar-refractivity contribution in [3.05, 3.63) is 65.2 Å². The molecule has 2 rings (SSSR count). The second-order valence-corrected chi connectivity index (χ2v) is 6.49. The molecule has 0 aliphatic heterocycles. The van der Waals surface area contributed by atoms with Gasteiger partial charge < -0.3 is 15.2 Å². The van der Waals surface area contributed by atoms with Crippen LogP contribution in [0.25, 0.3) is 0 Å². The average Bonchev–Trinajstić information content (AvgIpc) is 2.64. The fourth-order valence-corrected chi connectivity index (χ4v) is 2.41. The monoisotopic (exact) mass is 385 g/mol. The molecule has 0 bridgehead atoms. The normalized spacial score (nSPS) is 10.0. The Kier molecular flexibility index (Phi) is 9.60. The zero-order valence-electron chi connectivity index (χ0n) is 16.7. The number of hydrogen-bond donors (Lipinski definition) is 2. The topological polar surface area (TPSA) is 92.7 Å². The van der Waals surface area contributed by atoms with Crippen LogP contribution in [0.4, 0.5) is 0 Å². The Morgan fingerprint density at radius 3 is 2.14 bits per heavy atom. The van der Waals surface area contributed by atoms with Crippen molar-refractivity contribution >= 4 is 17.5 Å². The summed E-state index contributed by atoms with van der Waals surface area (Å²) in [7, 11) is 3.75. The molecule has 0 spiro atoms. The van der Waals surface area contributed by atoms with Crippen LogP contribution in [-0.2, 0) is 16.0 Å². The van der Waals surface area contributed by atoms with E-state index >= 15 is 0 Å². The number of aliphatic carboxylic acids is 1. The zero-order valence-corrected chi connectivity index (χ0v) is 16.7. The van der Waals surface area contributed by atoms with E-state index in [4.69, 9.17) is 9.84 Å². The summed E-state index contributed by atoms with van der Waals surface area (Å²) in [4.78, 5) is 34.5. The van der Waals surface area contributed by atoms with Crippen molar-refractivity contribution in [2.45, 2.75) is 32.8 Å². The number of carboxylic acid groups (broad SMARTS) is 1. The highest BCUT2D eigenvalue weighted by Gasteiger charge is 2.21. The number of carbonyl (C=O) groups is 3. The number of benzene rings is 2. The molecule has 2 aromatic rings. The molecule has 150 valence electrons. The van der Waals surface area contributed by atoms with Gasteiger partial charge in [0.15, 0.2) is 5.78 Å². The summed E-state index contributed by atoms with van der Waals surface area (Å²) in [5.41, 5.74) is 2.20. The van der Waals surface area contributed by atoms with Gasteiger partial charge in [-0.1, -0.05) is 36.4 Å². The second-order valence-electron chi connectivity index (χ2n) is 6.49. The molecule has 0 radical (unpaired) electrons. The first kappa shape index (κ1) is 23.0. The second kappa shape index (κ2) is 11.7. The lowest BCUT2D eigenvalue weighted by Crippen LogP contribution is -2.18. The molecule has 0 amide bonds. The summed E-state index contributed by atoms with van der Waals surface area (Å²) >= 11 is 0. The van der Waals surface area contributed by atoms with Crippen LogP contribution < -0.4 is 10.1 Å². The standard InChI is InChI=1S/C20H20O5.C2H7N/c1-13(2)25-19-9-8-15(10-14-6-4-3-5-7-14)11-16(19)17(21)12-18(22)20(23)24;1-3-2/h3-9,11,13H,10,12H2,1-2H3,(H,23,24);3H,1-2H3. The Bertz CT molecular complexity index is 800. The highest BCUT2D eigenvalue weighted by atomic mass is 16.5. The Hall–Kier alpha value is -2.99.